The first-order chi connectivity index (χ1) is 9.00. The van der Waals surface area contributed by atoms with E-state index in [-0.39, 0.29) is 48.7 Å². The molecule has 1 aliphatic rings. The molecule has 2 atom stereocenters. The van der Waals surface area contributed by atoms with E-state index in [1.807, 2.05) is 17.7 Å². The topological polar surface area (TPSA) is 82.1 Å². The molecule has 9 heteroatoms. The van der Waals surface area contributed by atoms with Crippen LogP contribution in [0.5, 0.6) is 11.5 Å². The molecule has 110 valence electrons. The van der Waals surface area contributed by atoms with Gasteiger partial charge >= 0.3 is 29.6 Å². The normalized spacial score (nSPS) is 19.2. The van der Waals surface area contributed by atoms with Crippen LogP contribution in [0.1, 0.15) is 19.8 Å². The summed E-state index contributed by atoms with van der Waals surface area (Å²) in [6.07, 6.45) is 0.472. The van der Waals surface area contributed by atoms with Gasteiger partial charge in [0, 0.05) is 10.8 Å². The molecule has 20 heavy (non-hydrogen) atoms. The molecule has 2 unspecified atom stereocenters. The Morgan fingerprint density at radius 2 is 2.20 bits per heavy atom. The quantitative estimate of drug-likeness (QED) is 0.624. The van der Waals surface area contributed by atoms with Crippen molar-refractivity contribution >= 4 is 51.0 Å². The van der Waals surface area contributed by atoms with Gasteiger partial charge in [-0.05, 0) is 6.42 Å². The zero-order valence-electron chi connectivity index (χ0n) is 10.4. The van der Waals surface area contributed by atoms with E-state index in [1.54, 1.807) is 0 Å². The van der Waals surface area contributed by atoms with E-state index < -0.39 is 15.6 Å². The van der Waals surface area contributed by atoms with E-state index in [0.29, 0.717) is 24.5 Å². The van der Waals surface area contributed by atoms with E-state index in [4.69, 9.17) is 18.8 Å². The number of hydrogen-bond acceptors (Lipinski definition) is 6. The van der Waals surface area contributed by atoms with Crippen molar-refractivity contribution in [3.63, 3.8) is 0 Å². The summed E-state index contributed by atoms with van der Waals surface area (Å²) in [5, 5.41) is 3.65. The second kappa shape index (κ2) is 7.98. The number of rotatable bonds is 6. The molecule has 6 nitrogen and oxygen atoms in total. The van der Waals surface area contributed by atoms with Crippen LogP contribution in [0.15, 0.2) is 10.8 Å². The van der Waals surface area contributed by atoms with Gasteiger partial charge in [-0.1, -0.05) is 13.3 Å². The van der Waals surface area contributed by atoms with Crippen molar-refractivity contribution in [2.45, 2.75) is 31.3 Å². The molecular formula is C11H17NaO6S2. The zero-order chi connectivity index (χ0) is 13.9. The summed E-state index contributed by atoms with van der Waals surface area (Å²) in [6.45, 7) is 2.17. The molecule has 2 heterocycles. The van der Waals surface area contributed by atoms with Gasteiger partial charge in [0.1, 0.15) is 6.61 Å². The predicted octanol–water partition coefficient (Wildman–Crippen LogP) is 1.27. The van der Waals surface area contributed by atoms with Crippen LogP contribution in [0.2, 0.25) is 0 Å². The third-order valence-corrected chi connectivity index (χ3v) is 4.37. The molecule has 1 N–H and O–H groups in total. The summed E-state index contributed by atoms with van der Waals surface area (Å²) in [7, 11) is -4.19. The molecule has 1 aromatic heterocycles. The molecule has 0 saturated heterocycles. The Morgan fingerprint density at radius 1 is 1.50 bits per heavy atom. The van der Waals surface area contributed by atoms with Crippen LogP contribution in [0.4, 0.5) is 0 Å². The van der Waals surface area contributed by atoms with E-state index in [0.717, 1.165) is 0 Å². The Bertz CT molecular complexity index is 515. The van der Waals surface area contributed by atoms with E-state index in [1.165, 1.54) is 11.3 Å². The van der Waals surface area contributed by atoms with Gasteiger partial charge in [-0.3, -0.25) is 4.55 Å². The number of hydrogen-bond donors (Lipinski definition) is 1. The van der Waals surface area contributed by atoms with Gasteiger partial charge in [-0.2, -0.15) is 8.42 Å². The molecule has 0 bridgehead atoms. The minimum absolute atomic E-state index is 0. The van der Waals surface area contributed by atoms with Gasteiger partial charge < -0.3 is 14.2 Å². The van der Waals surface area contributed by atoms with Crippen molar-refractivity contribution in [1.29, 1.82) is 0 Å². The van der Waals surface area contributed by atoms with Gasteiger partial charge in [0.15, 0.2) is 23.0 Å². The molecule has 0 aromatic carbocycles. The third kappa shape index (κ3) is 4.87. The fraction of sp³-hybridized carbons (Fsp3) is 0.636. The van der Waals surface area contributed by atoms with Gasteiger partial charge in [0.05, 0.1) is 6.61 Å². The van der Waals surface area contributed by atoms with Gasteiger partial charge in [0.25, 0.3) is 10.1 Å². The first-order valence-electron chi connectivity index (χ1n) is 5.94. The van der Waals surface area contributed by atoms with E-state index >= 15 is 0 Å². The first kappa shape index (κ1) is 18.2. The monoisotopic (exact) mass is 332 g/mol. The van der Waals surface area contributed by atoms with Crippen LogP contribution < -0.4 is 9.47 Å². The van der Waals surface area contributed by atoms with Crippen LogP contribution >= 0.6 is 11.3 Å². The zero-order valence-corrected chi connectivity index (χ0v) is 12.1. The Kier molecular flexibility index (Phi) is 7.27. The molecule has 0 amide bonds. The standard InChI is InChI=1S/C11H16O6S2.Na.H/c1-2-3-11(19(12,13)14)16-5-8-4-15-9-6-18-7-10(9)17-8;;/h6-8,11H,2-5H2,1H3,(H,12,13,14);;. The van der Waals surface area contributed by atoms with Gasteiger partial charge in [-0.25, -0.2) is 0 Å². The van der Waals surface area contributed by atoms with Crippen molar-refractivity contribution in [3.05, 3.63) is 10.8 Å². The maximum atomic E-state index is 11.1. The first-order valence-corrected chi connectivity index (χ1v) is 8.39. The third-order valence-electron chi connectivity index (χ3n) is 2.64. The molecule has 0 spiro atoms. The summed E-state index contributed by atoms with van der Waals surface area (Å²) in [5.41, 5.74) is -1.20. The molecule has 2 rings (SSSR count). The van der Waals surface area contributed by atoms with Crippen LogP contribution in [-0.4, -0.2) is 67.3 Å². The number of fused-ring (bicyclic) bond motifs is 1. The predicted molar refractivity (Wildman–Crippen MR) is 77.6 cm³/mol. The van der Waals surface area contributed by atoms with Crippen LogP contribution in [-0.2, 0) is 14.9 Å². The Morgan fingerprint density at radius 3 is 2.85 bits per heavy atom. The van der Waals surface area contributed by atoms with Crippen LogP contribution in [0.3, 0.4) is 0 Å². The average Bonchev–Trinajstić information content (AvgIpc) is 2.80. The minimum atomic E-state index is -4.19. The summed E-state index contributed by atoms with van der Waals surface area (Å²) in [5.74, 6) is 1.34. The van der Waals surface area contributed by atoms with Crippen LogP contribution in [0.25, 0.3) is 0 Å². The average molecular weight is 332 g/mol. The van der Waals surface area contributed by atoms with Crippen molar-refractivity contribution in [3.8, 4) is 11.5 Å². The Hall–Kier alpha value is 0.170. The molecule has 1 aliphatic heterocycles. The van der Waals surface area contributed by atoms with Crippen LogP contribution in [0, 0.1) is 0 Å². The fourth-order valence-electron chi connectivity index (χ4n) is 1.71. The van der Waals surface area contributed by atoms with Crippen molar-refractivity contribution in [1.82, 2.24) is 0 Å². The Labute approximate surface area is 144 Å². The van der Waals surface area contributed by atoms with Crippen molar-refractivity contribution in [2.75, 3.05) is 13.2 Å². The summed E-state index contributed by atoms with van der Waals surface area (Å²) in [6, 6.07) is 0. The van der Waals surface area contributed by atoms with Crippen molar-refractivity contribution in [2.24, 2.45) is 0 Å². The molecular weight excluding hydrogens is 315 g/mol. The summed E-state index contributed by atoms with van der Waals surface area (Å²) >= 11 is 1.47. The molecule has 1 aromatic rings. The number of thiophene rings is 1. The summed E-state index contributed by atoms with van der Waals surface area (Å²) < 4.78 is 47.5. The van der Waals surface area contributed by atoms with E-state index in [9.17, 15) is 8.42 Å². The van der Waals surface area contributed by atoms with Gasteiger partial charge in [-0.15, -0.1) is 11.3 Å². The van der Waals surface area contributed by atoms with E-state index in [2.05, 4.69) is 0 Å². The van der Waals surface area contributed by atoms with Crippen molar-refractivity contribution < 1.29 is 27.2 Å². The Balaban J connectivity index is 0.00000200. The maximum absolute atomic E-state index is 11.1. The number of ether oxygens (including phenoxy) is 3. The molecule has 0 fully saturated rings. The SMILES string of the molecule is CCCC(OCC1COc2cscc2O1)S(=O)(=O)O.[NaH]. The fourth-order valence-corrected chi connectivity index (χ4v) is 3.17. The molecule has 0 saturated carbocycles. The molecule has 0 radical (unpaired) electrons. The van der Waals surface area contributed by atoms with Gasteiger partial charge in [0.2, 0.25) is 0 Å². The second-order valence-electron chi connectivity index (χ2n) is 4.22. The molecule has 0 aliphatic carbocycles. The summed E-state index contributed by atoms with van der Waals surface area (Å²) in [4.78, 5) is 0. The second-order valence-corrected chi connectivity index (χ2v) is 6.52.